The molecule has 0 aromatic carbocycles. The van der Waals surface area contributed by atoms with Crippen LogP contribution >= 0.6 is 0 Å². The van der Waals surface area contributed by atoms with Gasteiger partial charge in [0.05, 0.1) is 32.0 Å². The molecule has 2 fully saturated rings. The van der Waals surface area contributed by atoms with E-state index < -0.39 is 86.8 Å². The van der Waals surface area contributed by atoms with E-state index in [1.54, 1.807) is 6.08 Å². The van der Waals surface area contributed by atoms with E-state index in [2.05, 4.69) is 31.3 Å². The SMILES string of the molecule is CCCCC/C=C/CC/C=C/C(O)C(COC1OC(CO)C(OC2OC(CO)C(O)C(O)C2O)C(O)C1O)NC(=O)CCCCCCCCCCCCCCCCCCCCCCC. The summed E-state index contributed by atoms with van der Waals surface area (Å²) in [6.07, 6.45) is 23.9. The lowest BCUT2D eigenvalue weighted by molar-refractivity contribution is -0.359. The van der Waals surface area contributed by atoms with Crippen LogP contribution in [0.2, 0.25) is 0 Å². The quantitative estimate of drug-likeness (QED) is 0.0236. The number of allylic oxidation sites excluding steroid dienone is 3. The van der Waals surface area contributed by atoms with Crippen LogP contribution in [0.1, 0.15) is 194 Å². The van der Waals surface area contributed by atoms with E-state index in [1.807, 2.05) is 6.08 Å². The molecule has 0 aliphatic carbocycles. The zero-order chi connectivity index (χ0) is 46.8. The number of amides is 1. The highest BCUT2D eigenvalue weighted by Crippen LogP contribution is 2.30. The van der Waals surface area contributed by atoms with Crippen LogP contribution in [0.5, 0.6) is 0 Å². The Morgan fingerprint density at radius 1 is 0.547 bits per heavy atom. The molecule has 12 atom stereocenters. The molecule has 2 aliphatic rings. The van der Waals surface area contributed by atoms with E-state index in [4.69, 9.17) is 18.9 Å². The van der Waals surface area contributed by atoms with Crippen molar-refractivity contribution in [3.8, 4) is 0 Å². The zero-order valence-corrected chi connectivity index (χ0v) is 39.8. The lowest BCUT2D eigenvalue weighted by Gasteiger charge is -2.46. The van der Waals surface area contributed by atoms with Crippen molar-refractivity contribution in [2.45, 2.75) is 267 Å². The number of carbonyl (C=O) groups excluding carboxylic acids is 1. The van der Waals surface area contributed by atoms with Gasteiger partial charge in [0.1, 0.15) is 48.8 Å². The predicted molar refractivity (Wildman–Crippen MR) is 249 cm³/mol. The predicted octanol–water partition coefficient (Wildman–Crippen LogP) is 6.55. The molecule has 14 heteroatoms. The molecule has 0 aromatic rings. The van der Waals surface area contributed by atoms with Crippen LogP contribution < -0.4 is 5.32 Å². The molecule has 0 radical (unpaired) electrons. The van der Waals surface area contributed by atoms with Gasteiger partial charge in [-0.3, -0.25) is 4.79 Å². The molecule has 9 N–H and O–H groups in total. The van der Waals surface area contributed by atoms with Gasteiger partial charge in [-0.2, -0.15) is 0 Å². The van der Waals surface area contributed by atoms with Gasteiger partial charge in [0.15, 0.2) is 12.6 Å². The third-order valence-electron chi connectivity index (χ3n) is 12.6. The minimum Gasteiger partial charge on any atom is -0.394 e. The van der Waals surface area contributed by atoms with E-state index in [-0.39, 0.29) is 18.9 Å². The van der Waals surface area contributed by atoms with Gasteiger partial charge in [0, 0.05) is 6.42 Å². The summed E-state index contributed by atoms with van der Waals surface area (Å²) >= 11 is 0. The van der Waals surface area contributed by atoms with Gasteiger partial charge in [-0.15, -0.1) is 0 Å². The summed E-state index contributed by atoms with van der Waals surface area (Å²) in [5, 5.41) is 86.5. The molecule has 64 heavy (non-hydrogen) atoms. The number of unbranched alkanes of at least 4 members (excludes halogenated alkanes) is 24. The van der Waals surface area contributed by atoms with Gasteiger partial charge in [0.25, 0.3) is 0 Å². The maximum absolute atomic E-state index is 13.1. The summed E-state index contributed by atoms with van der Waals surface area (Å²) in [6, 6.07) is -0.924. The molecule has 12 unspecified atom stereocenters. The number of carbonyl (C=O) groups is 1. The van der Waals surface area contributed by atoms with Crippen molar-refractivity contribution >= 4 is 5.91 Å². The Morgan fingerprint density at radius 2 is 1.00 bits per heavy atom. The molecule has 0 bridgehead atoms. The molecule has 2 rings (SSSR count). The van der Waals surface area contributed by atoms with Crippen molar-refractivity contribution in [2.24, 2.45) is 0 Å². The second kappa shape index (κ2) is 37.5. The number of ether oxygens (including phenoxy) is 4. The molecule has 14 nitrogen and oxygen atoms in total. The number of nitrogens with one attached hydrogen (secondary N) is 1. The van der Waals surface area contributed by atoms with Crippen molar-refractivity contribution < 1.29 is 64.6 Å². The normalized spacial score (nSPS) is 27.4. The van der Waals surface area contributed by atoms with Crippen molar-refractivity contribution in [3.05, 3.63) is 24.3 Å². The molecule has 1 amide bonds. The first-order valence-corrected chi connectivity index (χ1v) is 25.6. The lowest BCUT2D eigenvalue weighted by atomic mass is 9.97. The van der Waals surface area contributed by atoms with Crippen LogP contribution in [-0.4, -0.2) is 140 Å². The lowest BCUT2D eigenvalue weighted by Crippen LogP contribution is -2.65. The fourth-order valence-corrected chi connectivity index (χ4v) is 8.42. The Kier molecular flexibility index (Phi) is 34.3. The first-order valence-electron chi connectivity index (χ1n) is 25.6. The van der Waals surface area contributed by atoms with Crippen LogP contribution in [0, 0.1) is 0 Å². The van der Waals surface area contributed by atoms with Crippen molar-refractivity contribution in [3.63, 3.8) is 0 Å². The Hall–Kier alpha value is -1.53. The summed E-state index contributed by atoms with van der Waals surface area (Å²) in [5.74, 6) is -0.250. The number of aliphatic hydroxyl groups is 8. The Bertz CT molecular complexity index is 1170. The van der Waals surface area contributed by atoms with Crippen LogP contribution in [-0.2, 0) is 23.7 Å². The first kappa shape index (κ1) is 58.6. The van der Waals surface area contributed by atoms with E-state index in [0.717, 1.165) is 38.5 Å². The number of rotatable bonds is 39. The van der Waals surface area contributed by atoms with Crippen molar-refractivity contribution in [2.75, 3.05) is 19.8 Å². The van der Waals surface area contributed by atoms with Crippen LogP contribution in [0.15, 0.2) is 24.3 Å². The van der Waals surface area contributed by atoms with Crippen molar-refractivity contribution in [1.29, 1.82) is 0 Å². The molecule has 0 aromatic heterocycles. The maximum atomic E-state index is 13.1. The first-order chi connectivity index (χ1) is 31.1. The summed E-state index contributed by atoms with van der Waals surface area (Å²) < 4.78 is 22.6. The van der Waals surface area contributed by atoms with Gasteiger partial charge < -0.3 is 65.1 Å². The standard InChI is InChI=1S/C50H93NO13/c1-3-5-7-9-11-13-14-15-16-17-18-19-20-21-22-23-24-26-28-30-32-34-42(55)51-38(39(54)33-31-29-27-25-12-10-8-6-4-2)37-61-49-47(60)45(58)48(41(36-53)63-49)64-50-46(59)44(57)43(56)40(35-52)62-50/h12,25,31,33,38-41,43-50,52-54,56-60H,3-11,13-24,26-30,32,34-37H2,1-2H3,(H,51,55)/b25-12+,33-31+. The molecule has 376 valence electrons. The summed E-state index contributed by atoms with van der Waals surface area (Å²) in [7, 11) is 0. The molecule has 2 saturated heterocycles. The number of hydrogen-bond acceptors (Lipinski definition) is 13. The van der Waals surface area contributed by atoms with E-state index >= 15 is 0 Å². The van der Waals surface area contributed by atoms with E-state index in [1.165, 1.54) is 122 Å². The second-order valence-corrected chi connectivity index (χ2v) is 18.3. The third kappa shape index (κ3) is 24.5. The maximum Gasteiger partial charge on any atom is 0.220 e. The zero-order valence-electron chi connectivity index (χ0n) is 39.8. The average Bonchev–Trinajstić information content (AvgIpc) is 3.29. The van der Waals surface area contributed by atoms with Gasteiger partial charge >= 0.3 is 0 Å². The van der Waals surface area contributed by atoms with E-state index in [9.17, 15) is 45.6 Å². The molecular formula is C50H93NO13. The van der Waals surface area contributed by atoms with Gasteiger partial charge in [-0.25, -0.2) is 0 Å². The van der Waals surface area contributed by atoms with E-state index in [0.29, 0.717) is 12.8 Å². The molecule has 0 saturated carbocycles. The highest BCUT2D eigenvalue weighted by Gasteiger charge is 2.51. The summed E-state index contributed by atoms with van der Waals surface area (Å²) in [6.45, 7) is 2.71. The summed E-state index contributed by atoms with van der Waals surface area (Å²) in [4.78, 5) is 13.1. The topological polar surface area (TPSA) is 228 Å². The highest BCUT2D eigenvalue weighted by atomic mass is 16.7. The monoisotopic (exact) mass is 916 g/mol. The Balaban J connectivity index is 1.77. The van der Waals surface area contributed by atoms with Crippen LogP contribution in [0.3, 0.4) is 0 Å². The summed E-state index contributed by atoms with van der Waals surface area (Å²) in [5.41, 5.74) is 0. The number of hydrogen-bond donors (Lipinski definition) is 9. The minimum atomic E-state index is -1.79. The molecule has 2 heterocycles. The molecule has 0 spiro atoms. The van der Waals surface area contributed by atoms with Crippen molar-refractivity contribution in [1.82, 2.24) is 5.32 Å². The fourth-order valence-electron chi connectivity index (χ4n) is 8.42. The minimum absolute atomic E-state index is 0.250. The molecule has 2 aliphatic heterocycles. The number of aliphatic hydroxyl groups excluding tert-OH is 8. The van der Waals surface area contributed by atoms with Crippen LogP contribution in [0.25, 0.3) is 0 Å². The van der Waals surface area contributed by atoms with Crippen LogP contribution in [0.4, 0.5) is 0 Å². The van der Waals surface area contributed by atoms with Gasteiger partial charge in [-0.05, 0) is 32.1 Å². The fraction of sp³-hybridized carbons (Fsp3) is 0.900. The smallest absolute Gasteiger partial charge is 0.220 e. The molecular weight excluding hydrogens is 823 g/mol. The Labute approximate surface area is 386 Å². The van der Waals surface area contributed by atoms with Gasteiger partial charge in [0.2, 0.25) is 5.91 Å². The third-order valence-corrected chi connectivity index (χ3v) is 12.6. The highest BCUT2D eigenvalue weighted by molar-refractivity contribution is 5.76. The Morgan fingerprint density at radius 3 is 1.53 bits per heavy atom. The second-order valence-electron chi connectivity index (χ2n) is 18.3. The van der Waals surface area contributed by atoms with Gasteiger partial charge in [-0.1, -0.05) is 179 Å². The largest absolute Gasteiger partial charge is 0.394 e. The average molecular weight is 916 g/mol.